The molecule has 0 spiro atoms. The Labute approximate surface area is 132 Å². The van der Waals surface area contributed by atoms with Crippen LogP contribution in [-0.4, -0.2) is 28.4 Å². The summed E-state index contributed by atoms with van der Waals surface area (Å²) in [5, 5.41) is 2.45. The number of hydrogen-bond acceptors (Lipinski definition) is 6. The van der Waals surface area contributed by atoms with Crippen LogP contribution in [0.4, 0.5) is 0 Å². The first-order chi connectivity index (χ1) is 10.6. The highest BCUT2D eigenvalue weighted by atomic mass is 32.2. The van der Waals surface area contributed by atoms with Crippen molar-refractivity contribution >= 4 is 21.2 Å². The van der Waals surface area contributed by atoms with Crippen LogP contribution < -0.4 is 0 Å². The molecule has 22 heavy (non-hydrogen) atoms. The van der Waals surface area contributed by atoms with Gasteiger partial charge in [-0.1, -0.05) is 13.0 Å². The average Bonchev–Trinajstić information content (AvgIpc) is 3.17. The number of pyridine rings is 1. The van der Waals surface area contributed by atoms with Gasteiger partial charge in [0, 0.05) is 23.5 Å². The second kappa shape index (κ2) is 5.98. The van der Waals surface area contributed by atoms with Crippen molar-refractivity contribution in [1.29, 1.82) is 0 Å². The van der Waals surface area contributed by atoms with Crippen molar-refractivity contribution in [2.45, 2.75) is 24.3 Å². The monoisotopic (exact) mass is 334 g/mol. The second-order valence-electron chi connectivity index (χ2n) is 4.69. The van der Waals surface area contributed by atoms with Crippen LogP contribution in [0.3, 0.4) is 0 Å². The fourth-order valence-corrected chi connectivity index (χ4v) is 3.99. The van der Waals surface area contributed by atoms with Crippen LogP contribution >= 0.6 is 11.3 Å². The summed E-state index contributed by atoms with van der Waals surface area (Å²) in [7, 11) is -3.51. The van der Waals surface area contributed by atoms with Crippen LogP contribution in [0.1, 0.15) is 18.3 Å². The van der Waals surface area contributed by atoms with Crippen LogP contribution in [0, 0.1) is 0 Å². The van der Waals surface area contributed by atoms with E-state index < -0.39 is 9.84 Å². The molecule has 0 bridgehead atoms. The van der Waals surface area contributed by atoms with Crippen molar-refractivity contribution in [2.24, 2.45) is 0 Å². The number of imidazole rings is 1. The number of aromatic amines is 1. The summed E-state index contributed by atoms with van der Waals surface area (Å²) < 4.78 is 24.7. The minimum Gasteiger partial charge on any atom is -0.333 e. The van der Waals surface area contributed by atoms with Gasteiger partial charge in [-0.25, -0.2) is 18.4 Å². The lowest BCUT2D eigenvalue weighted by Gasteiger charge is -1.98. The first-order valence-electron chi connectivity index (χ1n) is 6.71. The Balaban J connectivity index is 1.83. The number of nitrogens with one attached hydrogen (secondary N) is 1. The summed E-state index contributed by atoms with van der Waals surface area (Å²) in [5.41, 5.74) is 2.04. The maximum Gasteiger partial charge on any atom is 0.225 e. The van der Waals surface area contributed by atoms with E-state index in [2.05, 4.69) is 19.9 Å². The van der Waals surface area contributed by atoms with E-state index in [0.717, 1.165) is 11.4 Å². The molecular weight excluding hydrogens is 320 g/mol. The van der Waals surface area contributed by atoms with E-state index in [1.807, 2.05) is 25.1 Å². The number of aryl methyl sites for hydroxylation is 1. The quantitative estimate of drug-likeness (QED) is 0.774. The van der Waals surface area contributed by atoms with E-state index in [-0.39, 0.29) is 10.9 Å². The predicted octanol–water partition coefficient (Wildman–Crippen LogP) is 2.46. The molecule has 1 N–H and O–H groups in total. The molecule has 0 atom stereocenters. The topological polar surface area (TPSA) is 88.6 Å². The molecule has 0 aliphatic carbocycles. The molecule has 0 aliphatic heterocycles. The molecule has 0 amide bonds. The smallest absolute Gasteiger partial charge is 0.225 e. The first kappa shape index (κ1) is 14.9. The summed E-state index contributed by atoms with van der Waals surface area (Å²) in [5.74, 6) is -0.174. The number of H-pyrrole nitrogens is 1. The zero-order valence-electron chi connectivity index (χ0n) is 11.9. The van der Waals surface area contributed by atoms with Crippen LogP contribution in [0.5, 0.6) is 0 Å². The van der Waals surface area contributed by atoms with Gasteiger partial charge in [0.25, 0.3) is 0 Å². The largest absolute Gasteiger partial charge is 0.333 e. The molecule has 0 unspecified atom stereocenters. The van der Waals surface area contributed by atoms with Crippen LogP contribution in [-0.2, 0) is 22.0 Å². The fraction of sp³-hybridized carbons (Fsp3) is 0.214. The molecule has 0 aromatic carbocycles. The lowest BCUT2D eigenvalue weighted by atomic mass is 10.4. The molecule has 6 nitrogen and oxygen atoms in total. The van der Waals surface area contributed by atoms with Crippen molar-refractivity contribution in [3.8, 4) is 10.7 Å². The Kier molecular flexibility index (Phi) is 4.04. The molecular formula is C14H14N4O2S2. The number of aromatic nitrogens is 4. The van der Waals surface area contributed by atoms with Gasteiger partial charge in [0.05, 0.1) is 11.4 Å². The molecule has 3 heterocycles. The SMILES string of the molecule is CCc1cnc(S(=O)(=O)Cc2csc(-c3ccccn3)n2)[nH]1. The van der Waals surface area contributed by atoms with Crippen LogP contribution in [0.25, 0.3) is 10.7 Å². The summed E-state index contributed by atoms with van der Waals surface area (Å²) >= 11 is 1.38. The van der Waals surface area contributed by atoms with Gasteiger partial charge in [-0.3, -0.25) is 4.98 Å². The third kappa shape index (κ3) is 3.07. The maximum absolute atomic E-state index is 12.3. The fourth-order valence-electron chi connectivity index (χ4n) is 1.92. The predicted molar refractivity (Wildman–Crippen MR) is 84.2 cm³/mol. The van der Waals surface area contributed by atoms with Crippen molar-refractivity contribution in [1.82, 2.24) is 19.9 Å². The molecule has 3 rings (SSSR count). The van der Waals surface area contributed by atoms with E-state index in [9.17, 15) is 8.42 Å². The number of thiazole rings is 1. The number of nitrogens with zero attached hydrogens (tertiary/aromatic N) is 3. The van der Waals surface area contributed by atoms with E-state index in [0.29, 0.717) is 17.1 Å². The first-order valence-corrected chi connectivity index (χ1v) is 9.24. The minimum absolute atomic E-state index is 0.00302. The van der Waals surface area contributed by atoms with Gasteiger partial charge in [-0.2, -0.15) is 0 Å². The highest BCUT2D eigenvalue weighted by Gasteiger charge is 2.21. The lowest BCUT2D eigenvalue weighted by Crippen LogP contribution is -2.07. The molecule has 0 saturated heterocycles. The zero-order valence-corrected chi connectivity index (χ0v) is 13.5. The molecule has 0 fully saturated rings. The van der Waals surface area contributed by atoms with Gasteiger partial charge in [0.15, 0.2) is 0 Å². The van der Waals surface area contributed by atoms with Gasteiger partial charge >= 0.3 is 0 Å². The Bertz CT molecular complexity index is 869. The van der Waals surface area contributed by atoms with Crippen molar-refractivity contribution in [2.75, 3.05) is 0 Å². The molecule has 0 radical (unpaired) electrons. The number of hydrogen-bond donors (Lipinski definition) is 1. The summed E-state index contributed by atoms with van der Waals surface area (Å²) in [6.07, 6.45) is 3.94. The van der Waals surface area contributed by atoms with Gasteiger partial charge in [0.2, 0.25) is 15.0 Å². The normalized spacial score (nSPS) is 11.7. The Morgan fingerprint density at radius 2 is 2.14 bits per heavy atom. The molecule has 8 heteroatoms. The van der Waals surface area contributed by atoms with Gasteiger partial charge in [-0.15, -0.1) is 11.3 Å². The standard InChI is InChI=1S/C14H14N4O2S2/c1-2-10-7-16-14(18-10)22(19,20)9-11-8-21-13(17-11)12-5-3-4-6-15-12/h3-8H,2,9H2,1H3,(H,16,18). The third-order valence-corrected chi connectivity index (χ3v) is 5.44. The highest BCUT2D eigenvalue weighted by molar-refractivity contribution is 7.90. The Hall–Kier alpha value is -2.06. The molecule has 0 aliphatic rings. The Morgan fingerprint density at radius 3 is 2.82 bits per heavy atom. The van der Waals surface area contributed by atoms with E-state index in [1.165, 1.54) is 11.3 Å². The van der Waals surface area contributed by atoms with E-state index >= 15 is 0 Å². The van der Waals surface area contributed by atoms with Crippen LogP contribution in [0.15, 0.2) is 41.1 Å². The molecule has 3 aromatic heterocycles. The van der Waals surface area contributed by atoms with E-state index in [4.69, 9.17) is 0 Å². The average molecular weight is 334 g/mol. The van der Waals surface area contributed by atoms with Gasteiger partial charge < -0.3 is 4.98 Å². The highest BCUT2D eigenvalue weighted by Crippen LogP contribution is 2.23. The summed E-state index contributed by atoms with van der Waals surface area (Å²) in [6.45, 7) is 1.93. The van der Waals surface area contributed by atoms with E-state index in [1.54, 1.807) is 17.8 Å². The van der Waals surface area contributed by atoms with Crippen molar-refractivity contribution in [3.63, 3.8) is 0 Å². The molecule has 0 saturated carbocycles. The molecule has 114 valence electrons. The van der Waals surface area contributed by atoms with Gasteiger partial charge in [0.1, 0.15) is 10.8 Å². The second-order valence-corrected chi connectivity index (χ2v) is 7.45. The summed E-state index contributed by atoms with van der Waals surface area (Å²) in [6, 6.07) is 5.54. The summed E-state index contributed by atoms with van der Waals surface area (Å²) in [4.78, 5) is 15.3. The molecule has 3 aromatic rings. The van der Waals surface area contributed by atoms with Crippen molar-refractivity contribution < 1.29 is 8.42 Å². The minimum atomic E-state index is -3.51. The lowest BCUT2D eigenvalue weighted by molar-refractivity contribution is 0.587. The number of rotatable bonds is 5. The Morgan fingerprint density at radius 1 is 1.27 bits per heavy atom. The zero-order chi connectivity index (χ0) is 15.6. The maximum atomic E-state index is 12.3. The van der Waals surface area contributed by atoms with Crippen molar-refractivity contribution in [3.05, 3.63) is 47.4 Å². The third-order valence-electron chi connectivity index (χ3n) is 3.05. The van der Waals surface area contributed by atoms with Crippen LogP contribution in [0.2, 0.25) is 0 Å². The van der Waals surface area contributed by atoms with Gasteiger partial charge in [-0.05, 0) is 18.6 Å². The number of sulfone groups is 1.